The normalized spacial score (nSPS) is 13.8. The zero-order valence-corrected chi connectivity index (χ0v) is 14.1. The number of anilines is 1. The first-order valence-electron chi connectivity index (χ1n) is 7.45. The standard InChI is InChI=1S/C16H23N5O2/c1-11(13(19(2)3)12-9-7-6-8-10-12)17-14-15(22)20(4)16(23)21(5)18-14/h6-11,13H,1-5H3,(H,17,18). The maximum absolute atomic E-state index is 12.2. The molecule has 2 rings (SSSR count). The minimum Gasteiger partial charge on any atom is -0.360 e. The molecule has 0 aliphatic carbocycles. The number of hydrogen-bond donors (Lipinski definition) is 1. The van der Waals surface area contributed by atoms with Gasteiger partial charge in [0.15, 0.2) is 0 Å². The van der Waals surface area contributed by atoms with E-state index in [0.29, 0.717) is 0 Å². The van der Waals surface area contributed by atoms with E-state index in [1.807, 2.05) is 39.2 Å². The van der Waals surface area contributed by atoms with Gasteiger partial charge in [0.1, 0.15) is 0 Å². The molecule has 1 N–H and O–H groups in total. The summed E-state index contributed by atoms with van der Waals surface area (Å²) in [6.07, 6.45) is 0. The lowest BCUT2D eigenvalue weighted by Crippen LogP contribution is -2.42. The number of nitrogens with one attached hydrogen (secondary N) is 1. The molecule has 2 aromatic rings. The molecule has 0 aliphatic rings. The van der Waals surface area contributed by atoms with Gasteiger partial charge in [-0.05, 0) is 26.6 Å². The lowest BCUT2D eigenvalue weighted by Gasteiger charge is -2.31. The summed E-state index contributed by atoms with van der Waals surface area (Å²) in [4.78, 5) is 26.0. The molecule has 2 atom stereocenters. The maximum Gasteiger partial charge on any atom is 0.346 e. The monoisotopic (exact) mass is 317 g/mol. The molecular weight excluding hydrogens is 294 g/mol. The zero-order chi connectivity index (χ0) is 17.1. The van der Waals surface area contributed by atoms with E-state index in [1.165, 1.54) is 14.1 Å². The molecular formula is C16H23N5O2. The van der Waals surface area contributed by atoms with Crippen molar-refractivity contribution >= 4 is 5.82 Å². The second-order valence-electron chi connectivity index (χ2n) is 5.87. The molecule has 0 spiro atoms. The van der Waals surface area contributed by atoms with E-state index < -0.39 is 11.2 Å². The van der Waals surface area contributed by atoms with Gasteiger partial charge >= 0.3 is 5.69 Å². The highest BCUT2D eigenvalue weighted by atomic mass is 16.2. The van der Waals surface area contributed by atoms with Gasteiger partial charge in [0, 0.05) is 20.1 Å². The highest BCUT2D eigenvalue weighted by Gasteiger charge is 2.23. The number of nitrogens with zero attached hydrogens (tertiary/aromatic N) is 4. The Morgan fingerprint density at radius 3 is 2.30 bits per heavy atom. The summed E-state index contributed by atoms with van der Waals surface area (Å²) in [6.45, 7) is 1.99. The second kappa shape index (κ2) is 6.78. The molecule has 0 amide bonds. The minimum atomic E-state index is -0.444. The van der Waals surface area contributed by atoms with E-state index >= 15 is 0 Å². The van der Waals surface area contributed by atoms with Crippen LogP contribution in [-0.2, 0) is 14.1 Å². The molecule has 0 saturated heterocycles. The van der Waals surface area contributed by atoms with Crippen LogP contribution in [0.3, 0.4) is 0 Å². The first kappa shape index (κ1) is 17.0. The number of rotatable bonds is 5. The number of likely N-dealkylation sites (N-methyl/N-ethyl adjacent to an activating group) is 1. The molecule has 0 saturated carbocycles. The summed E-state index contributed by atoms with van der Waals surface area (Å²) in [5, 5.41) is 7.20. The lowest BCUT2D eigenvalue weighted by molar-refractivity contribution is 0.275. The molecule has 124 valence electrons. The third-order valence-electron chi connectivity index (χ3n) is 3.86. The molecule has 7 heteroatoms. The lowest BCUT2D eigenvalue weighted by atomic mass is 9.99. The molecule has 0 radical (unpaired) electrons. The Balaban J connectivity index is 2.35. The smallest absolute Gasteiger partial charge is 0.346 e. The van der Waals surface area contributed by atoms with Crippen molar-refractivity contribution in [1.82, 2.24) is 19.2 Å². The van der Waals surface area contributed by atoms with Gasteiger partial charge in [0.25, 0.3) is 5.56 Å². The van der Waals surface area contributed by atoms with Gasteiger partial charge in [-0.2, -0.15) is 0 Å². The predicted molar refractivity (Wildman–Crippen MR) is 90.7 cm³/mol. The summed E-state index contributed by atoms with van der Waals surface area (Å²) in [7, 11) is 6.95. The molecule has 7 nitrogen and oxygen atoms in total. The molecule has 0 bridgehead atoms. The van der Waals surface area contributed by atoms with Crippen molar-refractivity contribution in [2.24, 2.45) is 14.1 Å². The Bertz CT molecular complexity index is 779. The number of aryl methyl sites for hydroxylation is 1. The summed E-state index contributed by atoms with van der Waals surface area (Å²) in [6, 6.07) is 10.0. The fraction of sp³-hybridized carbons (Fsp3) is 0.438. The molecule has 0 fully saturated rings. The van der Waals surface area contributed by atoms with E-state index in [1.54, 1.807) is 0 Å². The fourth-order valence-electron chi connectivity index (χ4n) is 2.77. The van der Waals surface area contributed by atoms with E-state index in [4.69, 9.17) is 0 Å². The largest absolute Gasteiger partial charge is 0.360 e. The third-order valence-corrected chi connectivity index (χ3v) is 3.86. The first-order valence-corrected chi connectivity index (χ1v) is 7.45. The van der Waals surface area contributed by atoms with Gasteiger partial charge in [-0.25, -0.2) is 9.48 Å². The van der Waals surface area contributed by atoms with Gasteiger partial charge in [0.2, 0.25) is 5.82 Å². The average molecular weight is 317 g/mol. The van der Waals surface area contributed by atoms with Gasteiger partial charge in [0.05, 0.1) is 6.04 Å². The quantitative estimate of drug-likeness (QED) is 0.873. The summed E-state index contributed by atoms with van der Waals surface area (Å²) < 4.78 is 2.21. The van der Waals surface area contributed by atoms with Crippen LogP contribution < -0.4 is 16.6 Å². The van der Waals surface area contributed by atoms with Crippen molar-refractivity contribution in [3.63, 3.8) is 0 Å². The van der Waals surface area contributed by atoms with Crippen LogP contribution in [0.4, 0.5) is 5.82 Å². The molecule has 1 heterocycles. The molecule has 23 heavy (non-hydrogen) atoms. The highest BCUT2D eigenvalue weighted by molar-refractivity contribution is 5.33. The van der Waals surface area contributed by atoms with Crippen molar-refractivity contribution in [1.29, 1.82) is 0 Å². The van der Waals surface area contributed by atoms with Crippen LogP contribution in [0, 0.1) is 0 Å². The van der Waals surface area contributed by atoms with E-state index in [-0.39, 0.29) is 17.9 Å². The summed E-state index contributed by atoms with van der Waals surface area (Å²) in [5.74, 6) is 0.171. The van der Waals surface area contributed by atoms with E-state index in [9.17, 15) is 9.59 Å². The van der Waals surface area contributed by atoms with Crippen LogP contribution in [0.1, 0.15) is 18.5 Å². The summed E-state index contributed by atoms with van der Waals surface area (Å²) >= 11 is 0. The van der Waals surface area contributed by atoms with Crippen LogP contribution in [0.25, 0.3) is 0 Å². The Labute approximate surface area is 135 Å². The summed E-state index contributed by atoms with van der Waals surface area (Å²) in [5.41, 5.74) is 0.269. The van der Waals surface area contributed by atoms with Crippen LogP contribution in [0.2, 0.25) is 0 Å². The van der Waals surface area contributed by atoms with Gasteiger partial charge in [-0.15, -0.1) is 5.10 Å². The molecule has 0 aliphatic heterocycles. The minimum absolute atomic E-state index is 0.0555. The van der Waals surface area contributed by atoms with E-state index in [0.717, 1.165) is 14.8 Å². The second-order valence-corrected chi connectivity index (χ2v) is 5.87. The van der Waals surface area contributed by atoms with Crippen LogP contribution in [0.5, 0.6) is 0 Å². The number of benzene rings is 1. The topological polar surface area (TPSA) is 72.2 Å². The van der Waals surface area contributed by atoms with Crippen molar-refractivity contribution in [3.05, 3.63) is 56.7 Å². The van der Waals surface area contributed by atoms with Gasteiger partial charge in [-0.1, -0.05) is 30.3 Å². The third kappa shape index (κ3) is 3.50. The van der Waals surface area contributed by atoms with Crippen molar-refractivity contribution in [2.45, 2.75) is 19.0 Å². The van der Waals surface area contributed by atoms with Crippen molar-refractivity contribution in [2.75, 3.05) is 19.4 Å². The van der Waals surface area contributed by atoms with Crippen molar-refractivity contribution < 1.29 is 0 Å². The Morgan fingerprint density at radius 2 is 1.74 bits per heavy atom. The van der Waals surface area contributed by atoms with Gasteiger partial charge in [-0.3, -0.25) is 9.36 Å². The molecule has 2 unspecified atom stereocenters. The van der Waals surface area contributed by atoms with Crippen LogP contribution in [0.15, 0.2) is 39.9 Å². The molecule has 1 aromatic carbocycles. The average Bonchev–Trinajstić information content (AvgIpc) is 2.51. The van der Waals surface area contributed by atoms with E-state index in [2.05, 4.69) is 27.4 Å². The Kier molecular flexibility index (Phi) is 5.00. The fourth-order valence-corrected chi connectivity index (χ4v) is 2.77. The predicted octanol–water partition coefficient (Wildman–Crippen LogP) is 0.582. The van der Waals surface area contributed by atoms with Crippen LogP contribution in [-0.4, -0.2) is 39.4 Å². The Hall–Kier alpha value is -2.41. The van der Waals surface area contributed by atoms with Crippen LogP contribution >= 0.6 is 0 Å². The molecule has 1 aromatic heterocycles. The zero-order valence-electron chi connectivity index (χ0n) is 14.1. The SMILES string of the molecule is CC(Nc1nn(C)c(=O)n(C)c1=O)C(c1ccccc1)N(C)C. The maximum atomic E-state index is 12.2. The highest BCUT2D eigenvalue weighted by Crippen LogP contribution is 2.23. The van der Waals surface area contributed by atoms with Crippen molar-refractivity contribution in [3.8, 4) is 0 Å². The van der Waals surface area contributed by atoms with Gasteiger partial charge < -0.3 is 10.2 Å². The Morgan fingerprint density at radius 1 is 1.13 bits per heavy atom. The number of hydrogen-bond acceptors (Lipinski definition) is 5. The number of aromatic nitrogens is 3. The first-order chi connectivity index (χ1) is 10.8.